The smallest absolute Gasteiger partial charge is 0.203 e. The highest BCUT2D eigenvalue weighted by molar-refractivity contribution is 7.18. The third-order valence-corrected chi connectivity index (χ3v) is 3.79. The normalized spacial score (nSPS) is 10.8. The van der Waals surface area contributed by atoms with Crippen molar-refractivity contribution in [2.45, 2.75) is 6.92 Å². The Morgan fingerprint density at radius 2 is 1.95 bits per heavy atom. The van der Waals surface area contributed by atoms with E-state index >= 15 is 0 Å². The van der Waals surface area contributed by atoms with Crippen LogP contribution in [-0.2, 0) is 0 Å². The number of halogens is 1. The molecule has 2 aromatic heterocycles. The molecular weight excluding hydrogens is 282 g/mol. The summed E-state index contributed by atoms with van der Waals surface area (Å²) in [4.78, 5) is 0. The third kappa shape index (κ3) is 2.20. The van der Waals surface area contributed by atoms with Gasteiger partial charge in [-0.15, -0.1) is 10.2 Å². The van der Waals surface area contributed by atoms with Crippen LogP contribution in [0.2, 0.25) is 5.02 Å². The van der Waals surface area contributed by atoms with Crippen LogP contribution < -0.4 is 5.73 Å². The van der Waals surface area contributed by atoms with E-state index in [1.807, 2.05) is 35.9 Å². The fraction of sp³-hybridized carbons (Fsp3) is 0.0833. The third-order valence-electron chi connectivity index (χ3n) is 2.75. The minimum atomic E-state index is 0.452. The topological polar surface area (TPSA) is 69.6 Å². The molecule has 0 unspecified atom stereocenters. The summed E-state index contributed by atoms with van der Waals surface area (Å²) in [5, 5.41) is 14.2. The summed E-state index contributed by atoms with van der Waals surface area (Å²) in [6.07, 6.45) is 1.77. The minimum Gasteiger partial charge on any atom is -0.374 e. The van der Waals surface area contributed by atoms with E-state index < -0.39 is 0 Å². The highest BCUT2D eigenvalue weighted by Gasteiger charge is 2.13. The zero-order valence-electron chi connectivity index (χ0n) is 10.0. The molecule has 0 spiro atoms. The Morgan fingerprint density at radius 1 is 1.21 bits per heavy atom. The number of nitrogen functional groups attached to an aromatic ring is 1. The molecule has 0 aliphatic rings. The van der Waals surface area contributed by atoms with Gasteiger partial charge in [0.15, 0.2) is 5.01 Å². The number of hydrogen-bond acceptors (Lipinski definition) is 5. The Kier molecular flexibility index (Phi) is 2.96. The number of rotatable bonds is 2. The molecule has 19 heavy (non-hydrogen) atoms. The molecule has 5 nitrogen and oxygen atoms in total. The van der Waals surface area contributed by atoms with E-state index in [9.17, 15) is 0 Å². The monoisotopic (exact) mass is 291 g/mol. The largest absolute Gasteiger partial charge is 0.374 e. The highest BCUT2D eigenvalue weighted by atomic mass is 35.5. The Bertz CT molecular complexity index is 716. The van der Waals surface area contributed by atoms with E-state index in [0.717, 1.165) is 22.0 Å². The first-order valence-electron chi connectivity index (χ1n) is 5.55. The predicted octanol–water partition coefficient (Wildman–Crippen LogP) is 2.93. The van der Waals surface area contributed by atoms with Gasteiger partial charge < -0.3 is 5.73 Å². The van der Waals surface area contributed by atoms with Crippen molar-refractivity contribution >= 4 is 28.1 Å². The molecule has 3 rings (SSSR count). The summed E-state index contributed by atoms with van der Waals surface area (Å²) in [6, 6.07) is 7.50. The van der Waals surface area contributed by atoms with Crippen LogP contribution in [0.3, 0.4) is 0 Å². The van der Waals surface area contributed by atoms with Crippen molar-refractivity contribution in [3.63, 3.8) is 0 Å². The van der Waals surface area contributed by atoms with E-state index in [1.165, 1.54) is 11.3 Å². The Labute approximate surface area is 118 Å². The molecule has 1 aromatic carbocycles. The molecule has 2 N–H and O–H groups in total. The molecule has 0 aliphatic heterocycles. The minimum absolute atomic E-state index is 0.452. The summed E-state index contributed by atoms with van der Waals surface area (Å²) in [7, 11) is 0. The first kappa shape index (κ1) is 12.1. The number of nitrogens with two attached hydrogens (primary N) is 1. The van der Waals surface area contributed by atoms with E-state index in [4.69, 9.17) is 17.3 Å². The van der Waals surface area contributed by atoms with Gasteiger partial charge in [-0.05, 0) is 31.2 Å². The summed E-state index contributed by atoms with van der Waals surface area (Å²) in [5.41, 5.74) is 8.47. The molecular formula is C12H10ClN5S. The van der Waals surface area contributed by atoms with Gasteiger partial charge in [0.1, 0.15) is 0 Å². The van der Waals surface area contributed by atoms with Gasteiger partial charge in [0.2, 0.25) is 5.13 Å². The first-order chi connectivity index (χ1) is 9.15. The fourth-order valence-electron chi connectivity index (χ4n) is 1.81. The molecule has 0 bridgehead atoms. The lowest BCUT2D eigenvalue weighted by Gasteiger charge is -2.04. The second kappa shape index (κ2) is 4.64. The molecule has 0 saturated heterocycles. The Hall–Kier alpha value is -1.92. The molecule has 3 aromatic rings. The number of aromatic nitrogens is 4. The van der Waals surface area contributed by atoms with Crippen molar-refractivity contribution in [3.8, 4) is 16.3 Å². The summed E-state index contributed by atoms with van der Waals surface area (Å²) in [5.74, 6) is 0. The zero-order chi connectivity index (χ0) is 13.4. The SMILES string of the molecule is Cc1c(-c2nnc(N)s2)cnn1-c1ccc(Cl)cc1. The van der Waals surface area contributed by atoms with Crippen LogP contribution in [0.5, 0.6) is 0 Å². The van der Waals surface area contributed by atoms with Crippen molar-refractivity contribution in [2.24, 2.45) is 0 Å². The molecule has 7 heteroatoms. The molecule has 0 radical (unpaired) electrons. The van der Waals surface area contributed by atoms with Crippen LogP contribution in [0.25, 0.3) is 16.3 Å². The van der Waals surface area contributed by atoms with Crippen molar-refractivity contribution < 1.29 is 0 Å². The second-order valence-electron chi connectivity index (χ2n) is 3.98. The lowest BCUT2D eigenvalue weighted by molar-refractivity contribution is 0.847. The van der Waals surface area contributed by atoms with Crippen LogP contribution in [0, 0.1) is 6.92 Å². The maximum atomic E-state index is 5.88. The van der Waals surface area contributed by atoms with Crippen molar-refractivity contribution in [1.29, 1.82) is 0 Å². The lowest BCUT2D eigenvalue weighted by Crippen LogP contribution is -1.98. The number of benzene rings is 1. The standard InChI is InChI=1S/C12H10ClN5S/c1-7-10(11-16-17-12(14)19-11)6-15-18(7)9-4-2-8(13)3-5-9/h2-6H,1H3,(H2,14,17). The zero-order valence-corrected chi connectivity index (χ0v) is 11.6. The summed E-state index contributed by atoms with van der Waals surface area (Å²) < 4.78 is 1.84. The van der Waals surface area contributed by atoms with Gasteiger partial charge in [0.25, 0.3) is 0 Å². The van der Waals surface area contributed by atoms with Crippen LogP contribution in [-0.4, -0.2) is 20.0 Å². The fourth-order valence-corrected chi connectivity index (χ4v) is 2.60. The van der Waals surface area contributed by atoms with Gasteiger partial charge >= 0.3 is 0 Å². The number of hydrogen-bond donors (Lipinski definition) is 1. The van der Waals surface area contributed by atoms with Crippen LogP contribution >= 0.6 is 22.9 Å². The van der Waals surface area contributed by atoms with Gasteiger partial charge in [-0.2, -0.15) is 5.10 Å². The van der Waals surface area contributed by atoms with Gasteiger partial charge in [-0.3, -0.25) is 0 Å². The Morgan fingerprint density at radius 3 is 2.58 bits per heavy atom. The second-order valence-corrected chi connectivity index (χ2v) is 5.42. The average Bonchev–Trinajstić information content (AvgIpc) is 2.97. The van der Waals surface area contributed by atoms with Crippen molar-refractivity contribution in [2.75, 3.05) is 5.73 Å². The lowest BCUT2D eigenvalue weighted by atomic mass is 10.2. The van der Waals surface area contributed by atoms with E-state index in [1.54, 1.807) is 6.20 Å². The van der Waals surface area contributed by atoms with Gasteiger partial charge in [0, 0.05) is 5.02 Å². The van der Waals surface area contributed by atoms with Gasteiger partial charge in [-0.25, -0.2) is 4.68 Å². The van der Waals surface area contributed by atoms with Gasteiger partial charge in [-0.1, -0.05) is 22.9 Å². The van der Waals surface area contributed by atoms with E-state index in [-0.39, 0.29) is 0 Å². The molecule has 96 valence electrons. The maximum absolute atomic E-state index is 5.88. The Balaban J connectivity index is 2.06. The van der Waals surface area contributed by atoms with Crippen molar-refractivity contribution in [3.05, 3.63) is 41.2 Å². The highest BCUT2D eigenvalue weighted by Crippen LogP contribution is 2.28. The molecule has 0 atom stereocenters. The van der Waals surface area contributed by atoms with E-state index in [2.05, 4.69) is 15.3 Å². The van der Waals surface area contributed by atoms with E-state index in [0.29, 0.717) is 10.2 Å². The molecule has 0 aliphatic carbocycles. The predicted molar refractivity (Wildman–Crippen MR) is 76.6 cm³/mol. The van der Waals surface area contributed by atoms with Crippen LogP contribution in [0.1, 0.15) is 5.69 Å². The molecule has 0 saturated carbocycles. The van der Waals surface area contributed by atoms with Gasteiger partial charge in [0.05, 0.1) is 23.1 Å². The van der Waals surface area contributed by atoms with Crippen LogP contribution in [0.15, 0.2) is 30.5 Å². The summed E-state index contributed by atoms with van der Waals surface area (Å²) >= 11 is 7.23. The number of nitrogens with zero attached hydrogens (tertiary/aromatic N) is 4. The maximum Gasteiger partial charge on any atom is 0.203 e. The molecule has 2 heterocycles. The van der Waals surface area contributed by atoms with Crippen LogP contribution in [0.4, 0.5) is 5.13 Å². The quantitative estimate of drug-likeness (QED) is 0.788. The molecule has 0 fully saturated rings. The summed E-state index contributed by atoms with van der Waals surface area (Å²) in [6.45, 7) is 1.98. The average molecular weight is 292 g/mol. The number of anilines is 1. The first-order valence-corrected chi connectivity index (χ1v) is 6.74. The van der Waals surface area contributed by atoms with Crippen molar-refractivity contribution in [1.82, 2.24) is 20.0 Å². The molecule has 0 amide bonds.